The minimum atomic E-state index is -1.37. The molecule has 1 heterocycles. The SMILES string of the molecule is CC(C)(C)ON1CC[C@H](C(=O)O)[C@H](O)C1=C=O. The maximum atomic E-state index is 10.9. The largest absolute Gasteiger partial charge is 0.481 e. The van der Waals surface area contributed by atoms with Gasteiger partial charge in [0.15, 0.2) is 11.6 Å². The lowest BCUT2D eigenvalue weighted by Gasteiger charge is -2.38. The normalized spacial score (nSPS) is 25.6. The number of hydrogen-bond donors (Lipinski definition) is 2. The predicted octanol–water partition coefficient (Wildman–Crippen LogP) is 0.199. The van der Waals surface area contributed by atoms with E-state index in [1.807, 2.05) is 0 Å². The fraction of sp³-hybridized carbons (Fsp3) is 0.727. The van der Waals surface area contributed by atoms with Crippen molar-refractivity contribution in [1.82, 2.24) is 5.06 Å². The highest BCUT2D eigenvalue weighted by molar-refractivity contribution is 5.72. The average Bonchev–Trinajstić information content (AvgIpc) is 2.15. The monoisotopic (exact) mass is 243 g/mol. The van der Waals surface area contributed by atoms with Gasteiger partial charge in [-0.1, -0.05) is 0 Å². The van der Waals surface area contributed by atoms with Crippen LogP contribution in [0.2, 0.25) is 0 Å². The summed E-state index contributed by atoms with van der Waals surface area (Å²) in [6.45, 7) is 5.64. The van der Waals surface area contributed by atoms with E-state index in [9.17, 15) is 14.7 Å². The number of carboxylic acid groups (broad SMARTS) is 1. The molecule has 0 unspecified atom stereocenters. The van der Waals surface area contributed by atoms with E-state index in [2.05, 4.69) is 0 Å². The van der Waals surface area contributed by atoms with Crippen LogP contribution >= 0.6 is 0 Å². The van der Waals surface area contributed by atoms with E-state index < -0.39 is 23.6 Å². The van der Waals surface area contributed by atoms with Crippen molar-refractivity contribution in [3.05, 3.63) is 5.70 Å². The van der Waals surface area contributed by atoms with Crippen molar-refractivity contribution in [3.8, 4) is 0 Å². The molecule has 0 amide bonds. The maximum Gasteiger partial charge on any atom is 0.309 e. The standard InChI is InChI=1S/C11H17NO5/c1-11(2,3)17-12-5-4-7(10(15)16)9(14)8(12)6-13/h7,9,14H,4-5H2,1-3H3,(H,15,16)/t7-,9-/m0/s1. The summed E-state index contributed by atoms with van der Waals surface area (Å²) in [5.74, 6) is -0.539. The van der Waals surface area contributed by atoms with Crippen LogP contribution in [-0.2, 0) is 14.4 Å². The number of hydrogen-bond acceptors (Lipinski definition) is 5. The number of piperidine rings is 1. The topological polar surface area (TPSA) is 87.1 Å². The summed E-state index contributed by atoms with van der Waals surface area (Å²) in [4.78, 5) is 27.1. The van der Waals surface area contributed by atoms with Gasteiger partial charge in [0.2, 0.25) is 0 Å². The number of carboxylic acids is 1. The number of carbonyl (C=O) groups excluding carboxylic acids is 1. The first-order valence-electron chi connectivity index (χ1n) is 5.39. The Morgan fingerprint density at radius 1 is 1.53 bits per heavy atom. The Kier molecular flexibility index (Phi) is 3.93. The molecule has 96 valence electrons. The van der Waals surface area contributed by atoms with Crippen LogP contribution in [0, 0.1) is 5.92 Å². The molecule has 0 saturated carbocycles. The molecule has 0 aromatic carbocycles. The van der Waals surface area contributed by atoms with Gasteiger partial charge in [-0.3, -0.25) is 9.63 Å². The number of aliphatic hydroxyl groups is 1. The minimum absolute atomic E-state index is 0.154. The molecule has 0 aromatic rings. The van der Waals surface area contributed by atoms with Gasteiger partial charge in [-0.2, -0.15) is 0 Å². The molecule has 0 radical (unpaired) electrons. The summed E-state index contributed by atoms with van der Waals surface area (Å²) in [6, 6.07) is 0. The number of hydroxylamine groups is 2. The van der Waals surface area contributed by atoms with Gasteiger partial charge in [0.1, 0.15) is 6.10 Å². The van der Waals surface area contributed by atoms with Crippen molar-refractivity contribution in [2.75, 3.05) is 6.54 Å². The van der Waals surface area contributed by atoms with Crippen molar-refractivity contribution in [3.63, 3.8) is 0 Å². The second-order valence-electron chi connectivity index (χ2n) is 4.97. The first-order valence-corrected chi connectivity index (χ1v) is 5.39. The van der Waals surface area contributed by atoms with Crippen LogP contribution in [0.5, 0.6) is 0 Å². The summed E-state index contributed by atoms with van der Waals surface area (Å²) in [5.41, 5.74) is -0.684. The molecule has 6 heteroatoms. The van der Waals surface area contributed by atoms with Gasteiger partial charge in [-0.15, -0.1) is 0 Å². The molecule has 1 fully saturated rings. The molecule has 1 saturated heterocycles. The number of aliphatic hydroxyl groups excluding tert-OH is 1. The summed E-state index contributed by atoms with van der Waals surface area (Å²) < 4.78 is 0. The third-order valence-corrected chi connectivity index (χ3v) is 2.38. The molecule has 0 bridgehead atoms. The molecule has 0 aromatic heterocycles. The van der Waals surface area contributed by atoms with E-state index in [4.69, 9.17) is 9.94 Å². The van der Waals surface area contributed by atoms with E-state index in [-0.39, 0.29) is 18.7 Å². The molecule has 1 rings (SSSR count). The number of carbonyl (C=O) groups is 1. The van der Waals surface area contributed by atoms with E-state index in [0.29, 0.717) is 0 Å². The quantitative estimate of drug-likeness (QED) is 0.674. The smallest absolute Gasteiger partial charge is 0.309 e. The summed E-state index contributed by atoms with van der Waals surface area (Å²) in [6.07, 6.45) is -1.15. The molecule has 1 aliphatic rings. The van der Waals surface area contributed by atoms with Crippen molar-refractivity contribution in [2.24, 2.45) is 5.92 Å². The molecule has 1 aliphatic heterocycles. The predicted molar refractivity (Wildman–Crippen MR) is 58.5 cm³/mol. The van der Waals surface area contributed by atoms with Crippen LogP contribution in [-0.4, -0.2) is 45.4 Å². The van der Waals surface area contributed by atoms with E-state index in [1.165, 1.54) is 5.06 Å². The molecule has 0 spiro atoms. The van der Waals surface area contributed by atoms with Gasteiger partial charge in [0.25, 0.3) is 0 Å². The Balaban J connectivity index is 2.87. The highest BCUT2D eigenvalue weighted by Gasteiger charge is 2.39. The van der Waals surface area contributed by atoms with Crippen molar-refractivity contribution >= 4 is 11.9 Å². The van der Waals surface area contributed by atoms with Gasteiger partial charge in [0.05, 0.1) is 11.5 Å². The Morgan fingerprint density at radius 2 is 2.12 bits per heavy atom. The van der Waals surface area contributed by atoms with Crippen molar-refractivity contribution in [2.45, 2.75) is 38.9 Å². The fourth-order valence-corrected chi connectivity index (χ4v) is 1.67. The maximum absolute atomic E-state index is 10.9. The van der Waals surface area contributed by atoms with E-state index in [0.717, 1.165) is 0 Å². The van der Waals surface area contributed by atoms with Crippen LogP contribution in [0.1, 0.15) is 27.2 Å². The van der Waals surface area contributed by atoms with Gasteiger partial charge < -0.3 is 10.2 Å². The highest BCUT2D eigenvalue weighted by Crippen LogP contribution is 2.27. The third kappa shape index (κ3) is 3.30. The van der Waals surface area contributed by atoms with E-state index >= 15 is 0 Å². The van der Waals surface area contributed by atoms with Crippen LogP contribution in [0.15, 0.2) is 5.70 Å². The molecule has 2 atom stereocenters. The molecule has 2 N–H and O–H groups in total. The third-order valence-electron chi connectivity index (χ3n) is 2.38. The molecular weight excluding hydrogens is 226 g/mol. The Labute approximate surface area is 99.4 Å². The first kappa shape index (κ1) is 13.7. The molecule has 0 aliphatic carbocycles. The van der Waals surface area contributed by atoms with Gasteiger partial charge in [-0.25, -0.2) is 9.86 Å². The zero-order valence-corrected chi connectivity index (χ0v) is 10.1. The molecule has 17 heavy (non-hydrogen) atoms. The zero-order valence-electron chi connectivity index (χ0n) is 10.1. The van der Waals surface area contributed by atoms with Crippen LogP contribution in [0.4, 0.5) is 0 Å². The summed E-state index contributed by atoms with van der Waals surface area (Å²) in [5, 5.41) is 19.9. The highest BCUT2D eigenvalue weighted by atomic mass is 16.7. The van der Waals surface area contributed by atoms with Crippen LogP contribution in [0.3, 0.4) is 0 Å². The van der Waals surface area contributed by atoms with Gasteiger partial charge in [0, 0.05) is 6.54 Å². The molecular formula is C11H17NO5. The zero-order chi connectivity index (χ0) is 13.2. The lowest BCUT2D eigenvalue weighted by atomic mass is 9.93. The average molecular weight is 243 g/mol. The second kappa shape index (κ2) is 4.87. The summed E-state index contributed by atoms with van der Waals surface area (Å²) in [7, 11) is 0. The fourth-order valence-electron chi connectivity index (χ4n) is 1.67. The number of rotatable bonds is 2. The Morgan fingerprint density at radius 3 is 2.53 bits per heavy atom. The number of aliphatic carboxylic acids is 1. The Hall–Kier alpha value is -1.36. The Bertz CT molecular complexity index is 353. The van der Waals surface area contributed by atoms with E-state index in [1.54, 1.807) is 26.7 Å². The lowest BCUT2D eigenvalue weighted by molar-refractivity contribution is -0.226. The minimum Gasteiger partial charge on any atom is -0.481 e. The summed E-state index contributed by atoms with van der Waals surface area (Å²) >= 11 is 0. The second-order valence-corrected chi connectivity index (χ2v) is 4.97. The van der Waals surface area contributed by atoms with Crippen molar-refractivity contribution < 1.29 is 24.6 Å². The number of nitrogens with zero attached hydrogens (tertiary/aromatic N) is 1. The lowest BCUT2D eigenvalue weighted by Crippen LogP contribution is -2.47. The van der Waals surface area contributed by atoms with Crippen LogP contribution in [0.25, 0.3) is 0 Å². The first-order chi connectivity index (χ1) is 7.76. The van der Waals surface area contributed by atoms with Crippen LogP contribution < -0.4 is 0 Å². The van der Waals surface area contributed by atoms with Gasteiger partial charge in [-0.05, 0) is 27.2 Å². The van der Waals surface area contributed by atoms with Gasteiger partial charge >= 0.3 is 5.97 Å². The molecule has 6 nitrogen and oxygen atoms in total. The van der Waals surface area contributed by atoms with Crippen molar-refractivity contribution in [1.29, 1.82) is 0 Å².